The summed E-state index contributed by atoms with van der Waals surface area (Å²) in [5.41, 5.74) is 1.41. The first kappa shape index (κ1) is 13.3. The van der Waals surface area contributed by atoms with Crippen LogP contribution in [0.3, 0.4) is 0 Å². The van der Waals surface area contributed by atoms with Crippen LogP contribution in [-0.4, -0.2) is 34.3 Å². The number of hydrogen-bond donors (Lipinski definition) is 1. The number of anilines is 1. The fourth-order valence-corrected chi connectivity index (χ4v) is 2.46. The second-order valence-corrected chi connectivity index (χ2v) is 4.91. The molecule has 21 heavy (non-hydrogen) atoms. The lowest BCUT2D eigenvalue weighted by atomic mass is 10.0. The molecular weight excluding hydrogens is 266 g/mol. The molecule has 1 N–H and O–H groups in total. The number of hydrogen-bond acceptors (Lipinski definition) is 3. The summed E-state index contributed by atoms with van der Waals surface area (Å²) in [7, 11) is 0. The SMILES string of the molecule is C=CC(=O)N1CCC1C(=O)Nc1cccc2cccnc12. The van der Waals surface area contributed by atoms with Gasteiger partial charge in [-0.1, -0.05) is 24.8 Å². The van der Waals surface area contributed by atoms with Crippen molar-refractivity contribution in [2.24, 2.45) is 0 Å². The molecule has 5 heteroatoms. The monoisotopic (exact) mass is 281 g/mol. The molecule has 2 aromatic rings. The molecule has 1 saturated heterocycles. The van der Waals surface area contributed by atoms with Gasteiger partial charge < -0.3 is 10.2 Å². The third-order valence-electron chi connectivity index (χ3n) is 3.67. The van der Waals surface area contributed by atoms with Crippen LogP contribution in [0.15, 0.2) is 49.2 Å². The van der Waals surface area contributed by atoms with Gasteiger partial charge in [-0.3, -0.25) is 14.6 Å². The molecule has 1 fully saturated rings. The highest BCUT2D eigenvalue weighted by Crippen LogP contribution is 2.23. The van der Waals surface area contributed by atoms with E-state index in [-0.39, 0.29) is 11.8 Å². The van der Waals surface area contributed by atoms with Gasteiger partial charge in [-0.15, -0.1) is 0 Å². The molecule has 1 aromatic carbocycles. The highest BCUT2D eigenvalue weighted by Gasteiger charge is 2.36. The minimum atomic E-state index is -0.422. The second kappa shape index (κ2) is 5.36. The van der Waals surface area contributed by atoms with E-state index in [1.807, 2.05) is 30.3 Å². The number of nitrogens with zero attached hydrogens (tertiary/aromatic N) is 2. The molecule has 1 atom stereocenters. The molecule has 1 aliphatic rings. The van der Waals surface area contributed by atoms with Crippen LogP contribution >= 0.6 is 0 Å². The lowest BCUT2D eigenvalue weighted by Gasteiger charge is -2.39. The Balaban J connectivity index is 1.81. The highest BCUT2D eigenvalue weighted by atomic mass is 16.2. The zero-order valence-electron chi connectivity index (χ0n) is 11.5. The minimum absolute atomic E-state index is 0.186. The minimum Gasteiger partial charge on any atom is -0.327 e. The van der Waals surface area contributed by atoms with Gasteiger partial charge in [-0.25, -0.2) is 0 Å². The summed E-state index contributed by atoms with van der Waals surface area (Å²) in [6, 6.07) is 8.99. The molecule has 1 unspecified atom stereocenters. The molecule has 2 amide bonds. The smallest absolute Gasteiger partial charge is 0.247 e. The number of rotatable bonds is 3. The van der Waals surface area contributed by atoms with Crippen LogP contribution in [0.25, 0.3) is 10.9 Å². The maximum Gasteiger partial charge on any atom is 0.247 e. The van der Waals surface area contributed by atoms with E-state index in [4.69, 9.17) is 0 Å². The van der Waals surface area contributed by atoms with Crippen LogP contribution in [0, 0.1) is 0 Å². The van der Waals surface area contributed by atoms with E-state index in [1.54, 1.807) is 6.20 Å². The number of carbonyl (C=O) groups is 2. The molecule has 0 bridgehead atoms. The summed E-state index contributed by atoms with van der Waals surface area (Å²) >= 11 is 0. The zero-order valence-corrected chi connectivity index (χ0v) is 11.5. The summed E-state index contributed by atoms with van der Waals surface area (Å²) in [6.45, 7) is 4.04. The van der Waals surface area contributed by atoms with Crippen LogP contribution in [-0.2, 0) is 9.59 Å². The van der Waals surface area contributed by atoms with Crippen molar-refractivity contribution in [3.05, 3.63) is 49.2 Å². The molecule has 106 valence electrons. The maximum absolute atomic E-state index is 12.3. The molecule has 1 aliphatic heterocycles. The number of para-hydroxylation sites is 1. The number of aromatic nitrogens is 1. The first-order valence-electron chi connectivity index (χ1n) is 6.78. The second-order valence-electron chi connectivity index (χ2n) is 4.91. The average molecular weight is 281 g/mol. The third-order valence-corrected chi connectivity index (χ3v) is 3.67. The number of benzene rings is 1. The van der Waals surface area contributed by atoms with Crippen molar-refractivity contribution in [3.63, 3.8) is 0 Å². The van der Waals surface area contributed by atoms with Crippen LogP contribution < -0.4 is 5.32 Å². The molecule has 0 aliphatic carbocycles. The van der Waals surface area contributed by atoms with Gasteiger partial charge in [0.1, 0.15) is 6.04 Å². The van der Waals surface area contributed by atoms with Crippen molar-refractivity contribution >= 4 is 28.4 Å². The molecule has 0 spiro atoms. The average Bonchev–Trinajstić information content (AvgIpc) is 2.46. The Labute approximate surface area is 122 Å². The lowest BCUT2D eigenvalue weighted by Crippen LogP contribution is -2.56. The Morgan fingerprint density at radius 1 is 1.33 bits per heavy atom. The van der Waals surface area contributed by atoms with Crippen LogP contribution in [0.2, 0.25) is 0 Å². The van der Waals surface area contributed by atoms with E-state index in [1.165, 1.54) is 11.0 Å². The molecule has 1 aromatic heterocycles. The van der Waals surface area contributed by atoms with Crippen molar-refractivity contribution < 1.29 is 9.59 Å². The van der Waals surface area contributed by atoms with Crippen LogP contribution in [0.1, 0.15) is 6.42 Å². The van der Waals surface area contributed by atoms with Gasteiger partial charge in [-0.05, 0) is 24.6 Å². The Morgan fingerprint density at radius 3 is 2.86 bits per heavy atom. The normalized spacial score (nSPS) is 17.1. The fraction of sp³-hybridized carbons (Fsp3) is 0.188. The Hall–Kier alpha value is -2.69. The highest BCUT2D eigenvalue weighted by molar-refractivity contribution is 6.04. The predicted octanol–water partition coefficient (Wildman–Crippen LogP) is 1.96. The predicted molar refractivity (Wildman–Crippen MR) is 80.7 cm³/mol. The zero-order chi connectivity index (χ0) is 14.8. The van der Waals surface area contributed by atoms with Gasteiger partial charge in [0.2, 0.25) is 11.8 Å². The van der Waals surface area contributed by atoms with Gasteiger partial charge in [0.25, 0.3) is 0 Å². The Kier molecular flexibility index (Phi) is 3.39. The fourth-order valence-electron chi connectivity index (χ4n) is 2.46. The first-order valence-corrected chi connectivity index (χ1v) is 6.78. The maximum atomic E-state index is 12.3. The van der Waals surface area contributed by atoms with Gasteiger partial charge in [0, 0.05) is 18.1 Å². The quantitative estimate of drug-likeness (QED) is 0.875. The standard InChI is InChI=1S/C16H15N3O2/c1-2-14(20)19-10-8-13(19)16(21)18-12-7-3-5-11-6-4-9-17-15(11)12/h2-7,9,13H,1,8,10H2,(H,18,21). The van der Waals surface area contributed by atoms with Crippen molar-refractivity contribution in [1.29, 1.82) is 0 Å². The molecule has 3 rings (SSSR count). The van der Waals surface area contributed by atoms with Gasteiger partial charge in [-0.2, -0.15) is 0 Å². The number of likely N-dealkylation sites (tertiary alicyclic amines) is 1. The van der Waals surface area contributed by atoms with Crippen molar-refractivity contribution in [2.75, 3.05) is 11.9 Å². The van der Waals surface area contributed by atoms with Crippen molar-refractivity contribution in [3.8, 4) is 0 Å². The summed E-state index contributed by atoms with van der Waals surface area (Å²) in [5, 5.41) is 3.83. The Morgan fingerprint density at radius 2 is 2.14 bits per heavy atom. The summed E-state index contributed by atoms with van der Waals surface area (Å²) in [4.78, 5) is 29.7. The van der Waals surface area contributed by atoms with E-state index in [0.29, 0.717) is 18.7 Å². The lowest BCUT2D eigenvalue weighted by molar-refractivity contribution is -0.141. The van der Waals surface area contributed by atoms with E-state index >= 15 is 0 Å². The molecule has 5 nitrogen and oxygen atoms in total. The van der Waals surface area contributed by atoms with E-state index in [2.05, 4.69) is 16.9 Å². The molecule has 0 saturated carbocycles. The Bertz CT molecular complexity index is 721. The first-order chi connectivity index (χ1) is 10.2. The van der Waals surface area contributed by atoms with Crippen molar-refractivity contribution in [2.45, 2.75) is 12.5 Å². The molecule has 0 radical (unpaired) electrons. The number of fused-ring (bicyclic) bond motifs is 1. The number of amides is 2. The summed E-state index contributed by atoms with van der Waals surface area (Å²) in [5.74, 6) is -0.396. The number of carbonyl (C=O) groups excluding carboxylic acids is 2. The summed E-state index contributed by atoms with van der Waals surface area (Å²) < 4.78 is 0. The van der Waals surface area contributed by atoms with E-state index in [0.717, 1.165) is 10.9 Å². The van der Waals surface area contributed by atoms with Gasteiger partial charge in [0.05, 0.1) is 11.2 Å². The van der Waals surface area contributed by atoms with Gasteiger partial charge in [0.15, 0.2) is 0 Å². The largest absolute Gasteiger partial charge is 0.327 e. The van der Waals surface area contributed by atoms with Gasteiger partial charge >= 0.3 is 0 Å². The third kappa shape index (κ3) is 2.38. The molecule has 2 heterocycles. The van der Waals surface area contributed by atoms with Crippen LogP contribution in [0.4, 0.5) is 5.69 Å². The summed E-state index contributed by atoms with van der Waals surface area (Å²) in [6.07, 6.45) is 3.59. The van der Waals surface area contributed by atoms with E-state index < -0.39 is 6.04 Å². The van der Waals surface area contributed by atoms with Crippen LogP contribution in [0.5, 0.6) is 0 Å². The number of pyridine rings is 1. The topological polar surface area (TPSA) is 62.3 Å². The molecular formula is C16H15N3O2. The number of nitrogens with one attached hydrogen (secondary N) is 1. The van der Waals surface area contributed by atoms with Crippen molar-refractivity contribution in [1.82, 2.24) is 9.88 Å². The van der Waals surface area contributed by atoms with E-state index in [9.17, 15) is 9.59 Å².